The Kier molecular flexibility index (Phi) is 8.92. The van der Waals surface area contributed by atoms with Crippen LogP contribution in [0.5, 0.6) is 0 Å². The summed E-state index contributed by atoms with van der Waals surface area (Å²) < 4.78 is 2.47. The highest BCUT2D eigenvalue weighted by molar-refractivity contribution is 6.21. The van der Waals surface area contributed by atoms with Crippen LogP contribution >= 0.6 is 0 Å². The largest absolute Gasteiger partial charge is 0.309 e. The van der Waals surface area contributed by atoms with Crippen LogP contribution in [0.4, 0.5) is 0 Å². The minimum atomic E-state index is -0.547. The Hall–Kier alpha value is -7.95. The fraction of sp³-hybridized carbons (Fsp3) is 0.141. The third kappa shape index (κ3) is 6.03. The number of hydrogen-bond donors (Lipinski definition) is 0. The van der Waals surface area contributed by atoms with Crippen molar-refractivity contribution in [3.05, 3.63) is 240 Å². The van der Waals surface area contributed by atoms with Gasteiger partial charge in [0.15, 0.2) is 17.5 Å². The van der Waals surface area contributed by atoms with Gasteiger partial charge in [-0.15, -0.1) is 0 Å². The van der Waals surface area contributed by atoms with Gasteiger partial charge in [0, 0.05) is 33.2 Å². The highest BCUT2D eigenvalue weighted by atomic mass is 15.0. The van der Waals surface area contributed by atoms with Crippen molar-refractivity contribution in [2.45, 2.75) is 56.8 Å². The van der Waals surface area contributed by atoms with Crippen LogP contribution in [0.3, 0.4) is 0 Å². The number of aromatic nitrogens is 4. The van der Waals surface area contributed by atoms with Crippen LogP contribution in [0.2, 0.25) is 0 Å². The lowest BCUT2D eigenvalue weighted by molar-refractivity contribution is 0.332. The van der Waals surface area contributed by atoms with Gasteiger partial charge in [-0.2, -0.15) is 0 Å². The standard InChI is InChI=1S/C64H50N4/c1-62(2)35-36-63(3,4)55-40-57-51(39-54(55)62)58-48-28-12-11-19-41(48)33-34-56(58)68(57)47-27-18-23-44(38-47)61-66-59(42-20-7-5-8-21-42)65-60(67-61)43-22-17-26-46(37-43)64(45-24-9-6-10-25-45)52-31-15-13-29-49(52)50-30-14-16-32-53(50)64/h5-34,37-40H,35-36H2,1-4H3. The van der Waals surface area contributed by atoms with Crippen molar-refractivity contribution in [2.24, 2.45) is 0 Å². The predicted molar refractivity (Wildman–Crippen MR) is 281 cm³/mol. The molecule has 0 radical (unpaired) electrons. The molecule has 9 aromatic carbocycles. The fourth-order valence-electron chi connectivity index (χ4n) is 11.9. The maximum atomic E-state index is 5.40. The minimum Gasteiger partial charge on any atom is -0.309 e. The van der Waals surface area contributed by atoms with E-state index in [0.29, 0.717) is 17.5 Å². The van der Waals surface area contributed by atoms with Crippen molar-refractivity contribution < 1.29 is 0 Å². The molecule has 2 aliphatic rings. The molecular formula is C64H50N4. The van der Waals surface area contributed by atoms with Gasteiger partial charge in [-0.3, -0.25) is 0 Å². The second-order valence-corrected chi connectivity index (χ2v) is 20.2. The smallest absolute Gasteiger partial charge is 0.164 e. The van der Waals surface area contributed by atoms with E-state index in [-0.39, 0.29) is 10.8 Å². The topological polar surface area (TPSA) is 43.6 Å². The third-order valence-electron chi connectivity index (χ3n) is 15.4. The molecular weight excluding hydrogens is 825 g/mol. The Bertz CT molecular complexity index is 3760. The molecule has 0 spiro atoms. The zero-order valence-electron chi connectivity index (χ0n) is 38.8. The number of nitrogens with zero attached hydrogens (tertiary/aromatic N) is 4. The monoisotopic (exact) mass is 874 g/mol. The van der Waals surface area contributed by atoms with Gasteiger partial charge in [0.2, 0.25) is 0 Å². The normalized spacial score (nSPS) is 15.3. The van der Waals surface area contributed by atoms with E-state index in [4.69, 9.17) is 15.0 Å². The molecule has 0 aliphatic heterocycles. The fourth-order valence-corrected chi connectivity index (χ4v) is 11.9. The van der Waals surface area contributed by atoms with Crippen molar-refractivity contribution in [1.82, 2.24) is 19.5 Å². The van der Waals surface area contributed by atoms with E-state index in [1.807, 2.05) is 18.2 Å². The number of benzene rings is 9. The molecule has 0 saturated heterocycles. The average molecular weight is 875 g/mol. The summed E-state index contributed by atoms with van der Waals surface area (Å²) in [6, 6.07) is 75.1. The first-order chi connectivity index (χ1) is 33.2. The Morgan fingerprint density at radius 2 is 0.912 bits per heavy atom. The van der Waals surface area contributed by atoms with Gasteiger partial charge in [-0.1, -0.05) is 198 Å². The molecule has 0 saturated carbocycles. The maximum absolute atomic E-state index is 5.40. The van der Waals surface area contributed by atoms with Gasteiger partial charge in [0.25, 0.3) is 0 Å². The lowest BCUT2D eigenvalue weighted by Crippen LogP contribution is -2.33. The summed E-state index contributed by atoms with van der Waals surface area (Å²) in [6.45, 7) is 9.68. The van der Waals surface area contributed by atoms with Gasteiger partial charge < -0.3 is 4.57 Å². The molecule has 0 atom stereocenters. The average Bonchev–Trinajstić information content (AvgIpc) is 3.89. The molecule has 2 aliphatic carbocycles. The lowest BCUT2D eigenvalue weighted by atomic mass is 9.63. The van der Waals surface area contributed by atoms with Crippen LogP contribution in [0.1, 0.15) is 73.9 Å². The van der Waals surface area contributed by atoms with E-state index in [1.165, 1.54) is 77.9 Å². The number of rotatable bonds is 6. The van der Waals surface area contributed by atoms with E-state index in [1.54, 1.807) is 0 Å². The van der Waals surface area contributed by atoms with Gasteiger partial charge in [-0.05, 0) is 115 Å². The SMILES string of the molecule is CC1(C)CCC(C)(C)c2cc3c(cc21)c1c2ccccc2ccc1n3-c1cccc(-c2nc(-c3ccccc3)nc(-c3cccc(C4(c5ccccc5)c5ccccc5-c5ccccc54)c3)n2)c1. The van der Waals surface area contributed by atoms with Crippen LogP contribution in [0, 0.1) is 0 Å². The van der Waals surface area contributed by atoms with Crippen LogP contribution < -0.4 is 0 Å². The van der Waals surface area contributed by atoms with Crippen molar-refractivity contribution in [3.8, 4) is 51.0 Å². The molecule has 68 heavy (non-hydrogen) atoms. The molecule has 0 unspecified atom stereocenters. The zero-order valence-corrected chi connectivity index (χ0v) is 38.8. The molecule has 2 heterocycles. The summed E-state index contributed by atoms with van der Waals surface area (Å²) in [4.78, 5) is 15.9. The second kappa shape index (κ2) is 15.0. The van der Waals surface area contributed by atoms with Crippen LogP contribution in [-0.2, 0) is 16.2 Å². The Balaban J connectivity index is 1.02. The van der Waals surface area contributed by atoms with Gasteiger partial charge in [-0.25, -0.2) is 15.0 Å². The van der Waals surface area contributed by atoms with E-state index in [9.17, 15) is 0 Å². The van der Waals surface area contributed by atoms with E-state index in [2.05, 4.69) is 220 Å². The lowest BCUT2D eigenvalue weighted by Gasteiger charge is -2.42. The molecule has 0 amide bonds. The quantitative estimate of drug-likeness (QED) is 0.167. The minimum absolute atomic E-state index is 0.0575. The van der Waals surface area contributed by atoms with Crippen LogP contribution in [0.25, 0.3) is 83.6 Å². The first-order valence-corrected chi connectivity index (χ1v) is 24.0. The van der Waals surface area contributed by atoms with Gasteiger partial charge >= 0.3 is 0 Å². The predicted octanol–water partition coefficient (Wildman–Crippen LogP) is 15.8. The Morgan fingerprint density at radius 3 is 1.60 bits per heavy atom. The highest BCUT2D eigenvalue weighted by Gasteiger charge is 2.46. The second-order valence-electron chi connectivity index (χ2n) is 20.2. The Morgan fingerprint density at radius 1 is 0.382 bits per heavy atom. The van der Waals surface area contributed by atoms with Gasteiger partial charge in [0.1, 0.15) is 0 Å². The van der Waals surface area contributed by atoms with Crippen molar-refractivity contribution in [1.29, 1.82) is 0 Å². The molecule has 4 nitrogen and oxygen atoms in total. The summed E-state index contributed by atoms with van der Waals surface area (Å²) >= 11 is 0. The number of hydrogen-bond acceptors (Lipinski definition) is 3. The van der Waals surface area contributed by atoms with Crippen LogP contribution in [0.15, 0.2) is 206 Å². The van der Waals surface area contributed by atoms with E-state index < -0.39 is 5.41 Å². The highest BCUT2D eigenvalue weighted by Crippen LogP contribution is 2.56. The summed E-state index contributed by atoms with van der Waals surface area (Å²) in [6.07, 6.45) is 2.32. The first kappa shape index (κ1) is 40.3. The zero-order chi connectivity index (χ0) is 45.8. The molecule has 13 rings (SSSR count). The molecule has 326 valence electrons. The summed E-state index contributed by atoms with van der Waals surface area (Å²) in [7, 11) is 0. The van der Waals surface area contributed by atoms with Gasteiger partial charge in [0.05, 0.1) is 16.4 Å². The number of fused-ring (bicyclic) bond motifs is 9. The van der Waals surface area contributed by atoms with Crippen molar-refractivity contribution >= 4 is 32.6 Å². The van der Waals surface area contributed by atoms with Crippen LogP contribution in [-0.4, -0.2) is 19.5 Å². The molecule has 0 N–H and O–H groups in total. The molecule has 2 aromatic heterocycles. The third-order valence-corrected chi connectivity index (χ3v) is 15.4. The molecule has 11 aromatic rings. The van der Waals surface area contributed by atoms with Crippen molar-refractivity contribution in [3.63, 3.8) is 0 Å². The summed E-state index contributed by atoms with van der Waals surface area (Å²) in [5, 5.41) is 5.10. The summed E-state index contributed by atoms with van der Waals surface area (Å²) in [5.74, 6) is 1.89. The Labute approximate surface area is 397 Å². The van der Waals surface area contributed by atoms with Crippen molar-refractivity contribution in [2.75, 3.05) is 0 Å². The maximum Gasteiger partial charge on any atom is 0.164 e. The molecule has 0 fully saturated rings. The van der Waals surface area contributed by atoms with E-state index in [0.717, 1.165) is 34.4 Å². The van der Waals surface area contributed by atoms with E-state index >= 15 is 0 Å². The summed E-state index contributed by atoms with van der Waals surface area (Å²) in [5.41, 5.74) is 16.2. The first-order valence-electron chi connectivity index (χ1n) is 24.0. The molecule has 0 bridgehead atoms. The molecule has 4 heteroatoms.